The van der Waals surface area contributed by atoms with Gasteiger partial charge in [-0.2, -0.15) is 5.26 Å². The van der Waals surface area contributed by atoms with Crippen molar-refractivity contribution in [2.75, 3.05) is 12.4 Å². The van der Waals surface area contributed by atoms with Crippen molar-refractivity contribution in [1.82, 2.24) is 4.90 Å². The number of rotatable bonds is 5. The maximum Gasteiger partial charge on any atom is 0.241 e. The van der Waals surface area contributed by atoms with Crippen molar-refractivity contribution in [3.63, 3.8) is 0 Å². The van der Waals surface area contributed by atoms with Crippen molar-refractivity contribution in [1.29, 1.82) is 5.26 Å². The van der Waals surface area contributed by atoms with Gasteiger partial charge in [-0.3, -0.25) is 9.69 Å². The summed E-state index contributed by atoms with van der Waals surface area (Å²) in [5, 5.41) is 12.0. The number of carbonyl (C=O) groups is 1. The molecule has 0 aliphatic heterocycles. The lowest BCUT2D eigenvalue weighted by Gasteiger charge is -2.24. The highest BCUT2D eigenvalue weighted by Crippen LogP contribution is 2.21. The molecule has 1 amide bonds. The molecule has 2 rings (SSSR count). The molecular weight excluding hydrogens is 329 g/mol. The smallest absolute Gasteiger partial charge is 0.241 e. The molecule has 0 radical (unpaired) electrons. The molecule has 0 aromatic heterocycles. The Morgan fingerprint density at radius 2 is 2.08 bits per heavy atom. The Morgan fingerprint density at radius 3 is 2.75 bits per heavy atom. The number of hydrogen-bond acceptors (Lipinski definition) is 3. The van der Waals surface area contributed by atoms with Crippen molar-refractivity contribution < 1.29 is 9.18 Å². The van der Waals surface area contributed by atoms with Crippen molar-refractivity contribution >= 4 is 23.2 Å². The van der Waals surface area contributed by atoms with Crippen LogP contribution >= 0.6 is 11.6 Å². The zero-order valence-corrected chi connectivity index (χ0v) is 14.1. The van der Waals surface area contributed by atoms with E-state index in [2.05, 4.69) is 5.32 Å². The van der Waals surface area contributed by atoms with Crippen LogP contribution in [-0.4, -0.2) is 23.9 Å². The van der Waals surface area contributed by atoms with Gasteiger partial charge in [0, 0.05) is 22.8 Å². The van der Waals surface area contributed by atoms with Gasteiger partial charge in [-0.15, -0.1) is 0 Å². The molecule has 0 aliphatic rings. The van der Waals surface area contributed by atoms with Gasteiger partial charge in [0.05, 0.1) is 17.7 Å². The Bertz CT molecular complexity index is 768. The molecule has 0 saturated heterocycles. The zero-order chi connectivity index (χ0) is 17.7. The predicted molar refractivity (Wildman–Crippen MR) is 92.1 cm³/mol. The largest absolute Gasteiger partial charge is 0.325 e. The van der Waals surface area contributed by atoms with Crippen LogP contribution in [0.4, 0.5) is 10.1 Å². The lowest BCUT2D eigenvalue weighted by atomic mass is 10.1. The predicted octanol–water partition coefficient (Wildman–Crippen LogP) is 3.81. The van der Waals surface area contributed by atoms with Crippen LogP contribution in [0.25, 0.3) is 0 Å². The fourth-order valence-electron chi connectivity index (χ4n) is 2.18. The van der Waals surface area contributed by atoms with Gasteiger partial charge in [-0.25, -0.2) is 4.39 Å². The summed E-state index contributed by atoms with van der Waals surface area (Å²) in [7, 11) is 1.72. The van der Waals surface area contributed by atoms with Crippen LogP contribution < -0.4 is 5.32 Å². The zero-order valence-electron chi connectivity index (χ0n) is 13.4. The third kappa shape index (κ3) is 4.31. The molecule has 0 spiro atoms. The average molecular weight is 346 g/mol. The number of carbonyl (C=O) groups excluding carboxylic acids is 1. The molecule has 1 atom stereocenters. The van der Waals surface area contributed by atoms with Gasteiger partial charge in [0.15, 0.2) is 0 Å². The van der Waals surface area contributed by atoms with Crippen molar-refractivity contribution in [3.8, 4) is 6.07 Å². The van der Waals surface area contributed by atoms with Gasteiger partial charge in [-0.05, 0) is 44.3 Å². The number of anilines is 1. The molecule has 2 aromatic carbocycles. The fourth-order valence-corrected chi connectivity index (χ4v) is 2.41. The second-order valence-electron chi connectivity index (χ2n) is 5.47. The van der Waals surface area contributed by atoms with E-state index in [1.54, 1.807) is 55.3 Å². The minimum atomic E-state index is -0.508. The van der Waals surface area contributed by atoms with Crippen LogP contribution in [0.3, 0.4) is 0 Å². The summed E-state index contributed by atoms with van der Waals surface area (Å²) in [5.41, 5.74) is 1.36. The van der Waals surface area contributed by atoms with E-state index in [4.69, 9.17) is 16.9 Å². The Kier molecular flexibility index (Phi) is 5.91. The van der Waals surface area contributed by atoms with Gasteiger partial charge < -0.3 is 5.32 Å². The van der Waals surface area contributed by atoms with E-state index < -0.39 is 11.9 Å². The molecule has 0 heterocycles. The van der Waals surface area contributed by atoms with E-state index in [0.717, 1.165) is 0 Å². The number of nitriles is 1. The first kappa shape index (κ1) is 17.9. The van der Waals surface area contributed by atoms with Gasteiger partial charge in [0.25, 0.3) is 0 Å². The van der Waals surface area contributed by atoms with Crippen molar-refractivity contribution in [2.45, 2.75) is 19.5 Å². The molecule has 0 unspecified atom stereocenters. The van der Waals surface area contributed by atoms with Crippen LogP contribution in [0.2, 0.25) is 5.02 Å². The van der Waals surface area contributed by atoms with E-state index in [0.29, 0.717) is 21.8 Å². The summed E-state index contributed by atoms with van der Waals surface area (Å²) in [4.78, 5) is 14.1. The molecule has 0 aliphatic carbocycles. The van der Waals surface area contributed by atoms with Crippen molar-refractivity contribution in [3.05, 3.63) is 64.4 Å². The lowest BCUT2D eigenvalue weighted by molar-refractivity contribution is -0.120. The highest BCUT2D eigenvalue weighted by atomic mass is 35.5. The summed E-state index contributed by atoms with van der Waals surface area (Å²) < 4.78 is 13.9. The lowest BCUT2D eigenvalue weighted by Crippen LogP contribution is -2.39. The normalized spacial score (nSPS) is 11.8. The van der Waals surface area contributed by atoms with Crippen molar-refractivity contribution in [2.24, 2.45) is 0 Å². The first-order chi connectivity index (χ1) is 11.4. The van der Waals surface area contributed by atoms with E-state index in [9.17, 15) is 9.18 Å². The first-order valence-corrected chi connectivity index (χ1v) is 7.74. The minimum absolute atomic E-state index is 0.207. The van der Waals surface area contributed by atoms with Gasteiger partial charge in [0.2, 0.25) is 5.91 Å². The second kappa shape index (κ2) is 7.91. The number of hydrogen-bond donors (Lipinski definition) is 1. The highest BCUT2D eigenvalue weighted by molar-refractivity contribution is 6.31. The second-order valence-corrected chi connectivity index (χ2v) is 5.88. The number of benzene rings is 2. The fraction of sp³-hybridized carbons (Fsp3) is 0.222. The van der Waals surface area contributed by atoms with Gasteiger partial charge in [-0.1, -0.05) is 23.7 Å². The Morgan fingerprint density at radius 1 is 1.38 bits per heavy atom. The monoisotopic (exact) mass is 345 g/mol. The third-order valence-electron chi connectivity index (χ3n) is 3.77. The van der Waals surface area contributed by atoms with Gasteiger partial charge >= 0.3 is 0 Å². The first-order valence-electron chi connectivity index (χ1n) is 7.36. The minimum Gasteiger partial charge on any atom is -0.325 e. The molecule has 24 heavy (non-hydrogen) atoms. The quantitative estimate of drug-likeness (QED) is 0.896. The Labute approximate surface area is 145 Å². The van der Waals surface area contributed by atoms with Gasteiger partial charge in [0.1, 0.15) is 5.82 Å². The molecule has 124 valence electrons. The molecule has 4 nitrogen and oxygen atoms in total. The number of nitrogens with zero attached hydrogens (tertiary/aromatic N) is 2. The van der Waals surface area contributed by atoms with E-state index in [-0.39, 0.29) is 12.5 Å². The summed E-state index contributed by atoms with van der Waals surface area (Å²) in [5.74, 6) is -0.649. The van der Waals surface area contributed by atoms with E-state index >= 15 is 0 Å². The van der Waals surface area contributed by atoms with E-state index in [1.165, 1.54) is 6.07 Å². The Balaban J connectivity index is 2.05. The maximum atomic E-state index is 13.9. The summed E-state index contributed by atoms with van der Waals surface area (Å²) in [6.45, 7) is 1.93. The van der Waals surface area contributed by atoms with E-state index in [1.807, 2.05) is 6.07 Å². The molecule has 2 aromatic rings. The number of nitrogens with one attached hydrogen (secondary N) is 1. The SMILES string of the molecule is C[C@@H](C(=O)Nc1cccc(C#N)c1)N(C)Cc1c(F)cccc1Cl. The molecule has 0 saturated carbocycles. The molecule has 6 heteroatoms. The highest BCUT2D eigenvalue weighted by Gasteiger charge is 2.20. The summed E-state index contributed by atoms with van der Waals surface area (Å²) >= 11 is 6.02. The maximum absolute atomic E-state index is 13.9. The van der Waals surface area contributed by atoms with Crippen LogP contribution in [0.1, 0.15) is 18.1 Å². The number of amides is 1. The average Bonchev–Trinajstić information content (AvgIpc) is 2.57. The topological polar surface area (TPSA) is 56.1 Å². The molecule has 1 N–H and O–H groups in total. The molecule has 0 fully saturated rings. The molecule has 0 bridgehead atoms. The summed E-state index contributed by atoms with van der Waals surface area (Å²) in [6, 6.07) is 12.7. The number of halogens is 2. The van der Waals surface area contributed by atoms with Crippen LogP contribution in [0.15, 0.2) is 42.5 Å². The molecular formula is C18H17ClFN3O. The standard InChI is InChI=1S/C18H17ClFN3O/c1-12(18(24)22-14-6-3-5-13(9-14)10-21)23(2)11-15-16(19)7-4-8-17(15)20/h3-9,12H,11H2,1-2H3,(H,22,24)/t12-/m0/s1. The summed E-state index contributed by atoms with van der Waals surface area (Å²) in [6.07, 6.45) is 0. The van der Waals surface area contributed by atoms with Crippen LogP contribution in [0.5, 0.6) is 0 Å². The Hall–Kier alpha value is -2.42. The van der Waals surface area contributed by atoms with Crippen LogP contribution in [0, 0.1) is 17.1 Å². The van der Waals surface area contributed by atoms with Crippen LogP contribution in [-0.2, 0) is 11.3 Å². The third-order valence-corrected chi connectivity index (χ3v) is 4.12. The number of likely N-dealkylation sites (N-methyl/N-ethyl adjacent to an activating group) is 1.